The van der Waals surface area contributed by atoms with Gasteiger partial charge < -0.3 is 15.2 Å². The SMILES string of the molecule is CCc1ccc(OCC2CCC(C)(C)O2)c(N)c1. The molecule has 0 bridgehead atoms. The van der Waals surface area contributed by atoms with Gasteiger partial charge in [-0.05, 0) is 50.8 Å². The maximum Gasteiger partial charge on any atom is 0.142 e. The van der Waals surface area contributed by atoms with Crippen LogP contribution in [0, 0.1) is 0 Å². The Morgan fingerprint density at radius 2 is 2.22 bits per heavy atom. The molecule has 3 nitrogen and oxygen atoms in total. The van der Waals surface area contributed by atoms with Crippen LogP contribution in [0.2, 0.25) is 0 Å². The molecule has 2 N–H and O–H groups in total. The second kappa shape index (κ2) is 5.19. The summed E-state index contributed by atoms with van der Waals surface area (Å²) in [6, 6.07) is 5.99. The van der Waals surface area contributed by atoms with Gasteiger partial charge in [-0.2, -0.15) is 0 Å². The molecule has 0 amide bonds. The summed E-state index contributed by atoms with van der Waals surface area (Å²) in [4.78, 5) is 0. The first-order valence-electron chi connectivity index (χ1n) is 6.69. The molecule has 1 saturated heterocycles. The lowest BCUT2D eigenvalue weighted by Gasteiger charge is -2.19. The smallest absolute Gasteiger partial charge is 0.142 e. The Labute approximate surface area is 109 Å². The minimum Gasteiger partial charge on any atom is -0.489 e. The second-order valence-electron chi connectivity index (χ2n) is 5.57. The summed E-state index contributed by atoms with van der Waals surface area (Å²) < 4.78 is 11.7. The third-order valence-corrected chi connectivity index (χ3v) is 3.46. The number of rotatable bonds is 4. The van der Waals surface area contributed by atoms with E-state index in [4.69, 9.17) is 15.2 Å². The molecule has 0 aromatic heterocycles. The Morgan fingerprint density at radius 3 is 2.78 bits per heavy atom. The van der Waals surface area contributed by atoms with E-state index in [0.717, 1.165) is 25.0 Å². The van der Waals surface area contributed by atoms with E-state index in [9.17, 15) is 0 Å². The van der Waals surface area contributed by atoms with Gasteiger partial charge in [-0.1, -0.05) is 13.0 Å². The molecule has 0 aliphatic carbocycles. The van der Waals surface area contributed by atoms with Gasteiger partial charge in [0.15, 0.2) is 0 Å². The van der Waals surface area contributed by atoms with E-state index in [1.807, 2.05) is 12.1 Å². The molecule has 1 aromatic rings. The summed E-state index contributed by atoms with van der Waals surface area (Å²) in [5.74, 6) is 0.764. The summed E-state index contributed by atoms with van der Waals surface area (Å²) in [6.07, 6.45) is 3.32. The first-order chi connectivity index (χ1) is 8.50. The predicted octanol–water partition coefficient (Wildman–Crippen LogP) is 3.17. The Kier molecular flexibility index (Phi) is 3.81. The number of hydrogen-bond donors (Lipinski definition) is 1. The van der Waals surface area contributed by atoms with Crippen LogP contribution < -0.4 is 10.5 Å². The molecule has 1 heterocycles. The number of hydrogen-bond acceptors (Lipinski definition) is 3. The van der Waals surface area contributed by atoms with Crippen molar-refractivity contribution in [3.05, 3.63) is 23.8 Å². The van der Waals surface area contributed by atoms with E-state index in [1.54, 1.807) is 0 Å². The average Bonchev–Trinajstić information content (AvgIpc) is 2.67. The highest BCUT2D eigenvalue weighted by molar-refractivity contribution is 5.54. The molecular weight excluding hydrogens is 226 g/mol. The quantitative estimate of drug-likeness (QED) is 0.834. The Bertz CT molecular complexity index is 415. The highest BCUT2D eigenvalue weighted by atomic mass is 16.6. The van der Waals surface area contributed by atoms with Crippen LogP contribution in [0.3, 0.4) is 0 Å². The van der Waals surface area contributed by atoms with Gasteiger partial charge in [-0.3, -0.25) is 0 Å². The summed E-state index contributed by atoms with van der Waals surface area (Å²) in [6.45, 7) is 6.94. The topological polar surface area (TPSA) is 44.5 Å². The zero-order valence-corrected chi connectivity index (χ0v) is 11.5. The van der Waals surface area contributed by atoms with Crippen molar-refractivity contribution in [1.29, 1.82) is 0 Å². The highest BCUT2D eigenvalue weighted by Crippen LogP contribution is 2.30. The third-order valence-electron chi connectivity index (χ3n) is 3.46. The van der Waals surface area contributed by atoms with Gasteiger partial charge >= 0.3 is 0 Å². The van der Waals surface area contributed by atoms with Crippen LogP contribution in [-0.4, -0.2) is 18.3 Å². The van der Waals surface area contributed by atoms with E-state index in [0.29, 0.717) is 12.3 Å². The van der Waals surface area contributed by atoms with Gasteiger partial charge in [0.2, 0.25) is 0 Å². The molecule has 1 fully saturated rings. The zero-order chi connectivity index (χ0) is 13.2. The van der Waals surface area contributed by atoms with Gasteiger partial charge in [-0.25, -0.2) is 0 Å². The van der Waals surface area contributed by atoms with Crippen molar-refractivity contribution in [1.82, 2.24) is 0 Å². The second-order valence-corrected chi connectivity index (χ2v) is 5.57. The monoisotopic (exact) mass is 249 g/mol. The predicted molar refractivity (Wildman–Crippen MR) is 73.9 cm³/mol. The molecule has 3 heteroatoms. The molecule has 1 aliphatic rings. The standard InChI is InChI=1S/C15H23NO2/c1-4-11-5-6-14(13(16)9-11)17-10-12-7-8-15(2,3)18-12/h5-6,9,12H,4,7-8,10,16H2,1-3H3. The molecule has 0 saturated carbocycles. The average molecular weight is 249 g/mol. The molecular formula is C15H23NO2. The van der Waals surface area contributed by atoms with Crippen LogP contribution >= 0.6 is 0 Å². The fraction of sp³-hybridized carbons (Fsp3) is 0.600. The van der Waals surface area contributed by atoms with Gasteiger partial charge in [0.25, 0.3) is 0 Å². The minimum absolute atomic E-state index is 0.00829. The molecule has 2 rings (SSSR count). The lowest BCUT2D eigenvalue weighted by molar-refractivity contribution is -0.0325. The summed E-state index contributed by atoms with van der Waals surface area (Å²) in [5.41, 5.74) is 7.91. The number of nitrogens with two attached hydrogens (primary N) is 1. The fourth-order valence-electron chi connectivity index (χ4n) is 2.33. The van der Waals surface area contributed by atoms with Crippen molar-refractivity contribution in [3.8, 4) is 5.75 Å². The largest absolute Gasteiger partial charge is 0.489 e. The number of anilines is 1. The van der Waals surface area contributed by atoms with Gasteiger partial charge in [0.1, 0.15) is 12.4 Å². The number of benzene rings is 1. The minimum atomic E-state index is -0.00829. The number of aryl methyl sites for hydroxylation is 1. The first kappa shape index (κ1) is 13.2. The fourth-order valence-corrected chi connectivity index (χ4v) is 2.33. The van der Waals surface area contributed by atoms with Gasteiger partial charge in [0, 0.05) is 0 Å². The molecule has 0 radical (unpaired) electrons. The van der Waals surface area contributed by atoms with E-state index < -0.39 is 0 Å². The van der Waals surface area contributed by atoms with Crippen LogP contribution in [0.1, 0.15) is 39.2 Å². The third kappa shape index (κ3) is 3.16. The van der Waals surface area contributed by atoms with Crippen molar-refractivity contribution in [2.24, 2.45) is 0 Å². The Morgan fingerprint density at radius 1 is 1.44 bits per heavy atom. The summed E-state index contributed by atoms with van der Waals surface area (Å²) >= 11 is 0. The van der Waals surface area contributed by atoms with Gasteiger partial charge in [0.05, 0.1) is 17.4 Å². The van der Waals surface area contributed by atoms with E-state index >= 15 is 0 Å². The first-order valence-corrected chi connectivity index (χ1v) is 6.69. The van der Waals surface area contributed by atoms with E-state index in [2.05, 4.69) is 26.8 Å². The number of nitrogen functional groups attached to an aromatic ring is 1. The van der Waals surface area contributed by atoms with Crippen LogP contribution in [0.15, 0.2) is 18.2 Å². The number of ether oxygens (including phenoxy) is 2. The highest BCUT2D eigenvalue weighted by Gasteiger charge is 2.31. The maximum atomic E-state index is 5.97. The molecule has 1 aliphatic heterocycles. The molecule has 0 spiro atoms. The molecule has 100 valence electrons. The normalized spacial score (nSPS) is 22.1. The lowest BCUT2D eigenvalue weighted by Crippen LogP contribution is -2.24. The van der Waals surface area contributed by atoms with Crippen LogP contribution in [0.5, 0.6) is 5.75 Å². The Balaban J connectivity index is 1.91. The van der Waals surface area contributed by atoms with E-state index in [-0.39, 0.29) is 11.7 Å². The van der Waals surface area contributed by atoms with Crippen molar-refractivity contribution >= 4 is 5.69 Å². The Hall–Kier alpha value is -1.22. The van der Waals surface area contributed by atoms with Crippen LogP contribution in [0.25, 0.3) is 0 Å². The molecule has 1 atom stereocenters. The molecule has 1 unspecified atom stereocenters. The zero-order valence-electron chi connectivity index (χ0n) is 11.5. The van der Waals surface area contributed by atoms with Gasteiger partial charge in [-0.15, -0.1) is 0 Å². The van der Waals surface area contributed by atoms with Crippen molar-refractivity contribution in [2.75, 3.05) is 12.3 Å². The van der Waals surface area contributed by atoms with Crippen molar-refractivity contribution < 1.29 is 9.47 Å². The molecule has 1 aromatic carbocycles. The molecule has 18 heavy (non-hydrogen) atoms. The lowest BCUT2D eigenvalue weighted by atomic mass is 10.1. The van der Waals surface area contributed by atoms with Crippen LogP contribution in [-0.2, 0) is 11.2 Å². The van der Waals surface area contributed by atoms with Crippen molar-refractivity contribution in [3.63, 3.8) is 0 Å². The van der Waals surface area contributed by atoms with E-state index in [1.165, 1.54) is 5.56 Å². The summed E-state index contributed by atoms with van der Waals surface area (Å²) in [7, 11) is 0. The summed E-state index contributed by atoms with van der Waals surface area (Å²) in [5, 5.41) is 0. The maximum absolute atomic E-state index is 5.97. The van der Waals surface area contributed by atoms with Crippen LogP contribution in [0.4, 0.5) is 5.69 Å². The van der Waals surface area contributed by atoms with Crippen molar-refractivity contribution in [2.45, 2.75) is 51.7 Å².